The smallest absolute Gasteiger partial charge is 0.242 e. The van der Waals surface area contributed by atoms with Gasteiger partial charge in [0.05, 0.1) is 22.3 Å². The quantitative estimate of drug-likeness (QED) is 0.919. The summed E-state index contributed by atoms with van der Waals surface area (Å²) >= 11 is 3.38. The van der Waals surface area contributed by atoms with Crippen molar-refractivity contribution >= 4 is 21.8 Å². The van der Waals surface area contributed by atoms with Crippen LogP contribution in [0.3, 0.4) is 0 Å². The summed E-state index contributed by atoms with van der Waals surface area (Å²) in [7, 11) is 0. The Labute approximate surface area is 115 Å². The number of rotatable bonds is 4. The van der Waals surface area contributed by atoms with Gasteiger partial charge in [-0.2, -0.15) is 5.10 Å². The number of nitrogens with zero attached hydrogens (tertiary/aromatic N) is 2. The molecule has 1 aromatic rings. The third-order valence-electron chi connectivity index (χ3n) is 3.10. The van der Waals surface area contributed by atoms with Crippen molar-refractivity contribution in [2.45, 2.75) is 45.4 Å². The fourth-order valence-corrected chi connectivity index (χ4v) is 2.43. The Balaban J connectivity index is 1.84. The Kier molecular flexibility index (Phi) is 4.40. The third kappa shape index (κ3) is 3.32. The monoisotopic (exact) mass is 315 g/mol. The van der Waals surface area contributed by atoms with Crippen LogP contribution in [-0.4, -0.2) is 34.4 Å². The Hall–Kier alpha value is -0.880. The number of carbonyl (C=O) groups is 1. The van der Waals surface area contributed by atoms with Crippen LogP contribution >= 0.6 is 15.9 Å². The molecule has 100 valence electrons. The second-order valence-corrected chi connectivity index (χ2v) is 5.52. The van der Waals surface area contributed by atoms with Crippen molar-refractivity contribution in [1.82, 2.24) is 15.1 Å². The average molecular weight is 316 g/mol. The first-order valence-corrected chi connectivity index (χ1v) is 6.96. The Morgan fingerprint density at radius 3 is 3.11 bits per heavy atom. The van der Waals surface area contributed by atoms with Crippen molar-refractivity contribution in [3.8, 4) is 0 Å². The molecular formula is C12H18BrN3O2. The highest BCUT2D eigenvalue weighted by atomic mass is 79.9. The normalized spacial score (nSPS) is 20.9. The minimum Gasteiger partial charge on any atom is -0.376 e. The van der Waals surface area contributed by atoms with Gasteiger partial charge >= 0.3 is 0 Å². The predicted octanol–water partition coefficient (Wildman–Crippen LogP) is 1.64. The number of ether oxygens (including phenoxy) is 1. The van der Waals surface area contributed by atoms with E-state index in [-0.39, 0.29) is 24.6 Å². The van der Waals surface area contributed by atoms with Crippen molar-refractivity contribution in [2.24, 2.45) is 0 Å². The molecule has 5 nitrogen and oxygen atoms in total. The number of hydrogen-bond donors (Lipinski definition) is 1. The third-order valence-corrected chi connectivity index (χ3v) is 3.88. The average Bonchev–Trinajstić information content (AvgIpc) is 2.89. The number of hydrogen-bond acceptors (Lipinski definition) is 3. The van der Waals surface area contributed by atoms with Crippen LogP contribution in [0.5, 0.6) is 0 Å². The SMILES string of the molecule is Cc1nn(CC(=O)NC(C)C2CCCO2)cc1Br. The van der Waals surface area contributed by atoms with Gasteiger partial charge in [-0.25, -0.2) is 0 Å². The maximum Gasteiger partial charge on any atom is 0.242 e. The van der Waals surface area contributed by atoms with E-state index in [1.165, 1.54) is 0 Å². The molecule has 1 aromatic heterocycles. The minimum absolute atomic E-state index is 0.0343. The van der Waals surface area contributed by atoms with Gasteiger partial charge in [0.15, 0.2) is 0 Å². The Bertz CT molecular complexity index is 407. The summed E-state index contributed by atoms with van der Waals surface area (Å²) in [4.78, 5) is 11.9. The maximum atomic E-state index is 11.9. The molecule has 0 spiro atoms. The van der Waals surface area contributed by atoms with Gasteiger partial charge in [0, 0.05) is 12.8 Å². The summed E-state index contributed by atoms with van der Waals surface area (Å²) in [5.74, 6) is -0.0343. The highest BCUT2D eigenvalue weighted by molar-refractivity contribution is 9.10. The molecule has 0 aliphatic carbocycles. The van der Waals surface area contributed by atoms with E-state index in [1.807, 2.05) is 20.0 Å². The number of amides is 1. The van der Waals surface area contributed by atoms with Crippen LogP contribution in [0.4, 0.5) is 0 Å². The highest BCUT2D eigenvalue weighted by Gasteiger charge is 2.23. The van der Waals surface area contributed by atoms with Crippen molar-refractivity contribution in [3.63, 3.8) is 0 Å². The largest absolute Gasteiger partial charge is 0.376 e. The van der Waals surface area contributed by atoms with Gasteiger partial charge in [-0.3, -0.25) is 9.48 Å². The van der Waals surface area contributed by atoms with Gasteiger partial charge in [-0.1, -0.05) is 0 Å². The van der Waals surface area contributed by atoms with Crippen LogP contribution < -0.4 is 5.32 Å². The second-order valence-electron chi connectivity index (χ2n) is 4.67. The summed E-state index contributed by atoms with van der Waals surface area (Å²) < 4.78 is 8.10. The van der Waals surface area contributed by atoms with Crippen LogP contribution in [0.1, 0.15) is 25.5 Å². The van der Waals surface area contributed by atoms with Crippen LogP contribution in [0, 0.1) is 6.92 Å². The first-order chi connectivity index (χ1) is 8.56. The van der Waals surface area contributed by atoms with Gasteiger partial charge in [0.2, 0.25) is 5.91 Å². The molecule has 1 N–H and O–H groups in total. The lowest BCUT2D eigenvalue weighted by Crippen LogP contribution is -2.42. The van der Waals surface area contributed by atoms with Gasteiger partial charge in [0.1, 0.15) is 6.54 Å². The molecule has 1 amide bonds. The highest BCUT2D eigenvalue weighted by Crippen LogP contribution is 2.15. The van der Waals surface area contributed by atoms with Crippen LogP contribution in [-0.2, 0) is 16.1 Å². The summed E-state index contributed by atoms with van der Waals surface area (Å²) in [5.41, 5.74) is 0.884. The number of aryl methyl sites for hydroxylation is 1. The van der Waals surface area contributed by atoms with E-state index in [4.69, 9.17) is 4.74 Å². The van der Waals surface area contributed by atoms with Crippen molar-refractivity contribution in [2.75, 3.05) is 6.61 Å². The Morgan fingerprint density at radius 2 is 2.56 bits per heavy atom. The molecule has 2 unspecified atom stereocenters. The predicted molar refractivity (Wildman–Crippen MR) is 71.2 cm³/mol. The Morgan fingerprint density at radius 1 is 1.78 bits per heavy atom. The van der Waals surface area contributed by atoms with Crippen LogP contribution in [0.25, 0.3) is 0 Å². The molecular weight excluding hydrogens is 298 g/mol. The molecule has 1 fully saturated rings. The number of halogens is 1. The van der Waals surface area contributed by atoms with Crippen molar-refractivity contribution in [3.05, 3.63) is 16.4 Å². The summed E-state index contributed by atoms with van der Waals surface area (Å²) in [6, 6.07) is 0.0556. The number of aromatic nitrogens is 2. The van der Waals surface area contributed by atoms with Crippen LogP contribution in [0.2, 0.25) is 0 Å². The zero-order valence-electron chi connectivity index (χ0n) is 10.6. The molecule has 2 rings (SSSR count). The minimum atomic E-state index is -0.0343. The van der Waals surface area contributed by atoms with E-state index in [2.05, 4.69) is 26.3 Å². The van der Waals surface area contributed by atoms with Gasteiger partial charge in [0.25, 0.3) is 0 Å². The molecule has 6 heteroatoms. The molecule has 2 atom stereocenters. The molecule has 1 aliphatic heterocycles. The second kappa shape index (κ2) is 5.84. The lowest BCUT2D eigenvalue weighted by Gasteiger charge is -2.19. The molecule has 0 saturated carbocycles. The molecule has 18 heavy (non-hydrogen) atoms. The maximum absolute atomic E-state index is 11.9. The van der Waals surface area contributed by atoms with E-state index in [1.54, 1.807) is 4.68 Å². The van der Waals surface area contributed by atoms with E-state index in [9.17, 15) is 4.79 Å². The fourth-order valence-electron chi connectivity index (χ4n) is 2.11. The van der Waals surface area contributed by atoms with Gasteiger partial charge in [-0.15, -0.1) is 0 Å². The van der Waals surface area contributed by atoms with E-state index in [0.717, 1.165) is 29.6 Å². The first-order valence-electron chi connectivity index (χ1n) is 6.17. The molecule has 1 saturated heterocycles. The molecule has 0 aromatic carbocycles. The van der Waals surface area contributed by atoms with Gasteiger partial charge < -0.3 is 10.1 Å². The van der Waals surface area contributed by atoms with Gasteiger partial charge in [-0.05, 0) is 42.6 Å². The van der Waals surface area contributed by atoms with Crippen LogP contribution in [0.15, 0.2) is 10.7 Å². The summed E-state index contributed by atoms with van der Waals surface area (Å²) in [6.45, 7) is 4.92. The van der Waals surface area contributed by atoms with E-state index >= 15 is 0 Å². The molecule has 2 heterocycles. The number of nitrogens with one attached hydrogen (secondary N) is 1. The standard InChI is InChI=1S/C12H18BrN3O2/c1-8-10(13)6-16(15-8)7-12(17)14-9(2)11-4-3-5-18-11/h6,9,11H,3-5,7H2,1-2H3,(H,14,17). The van der Waals surface area contributed by atoms with Crippen molar-refractivity contribution < 1.29 is 9.53 Å². The topological polar surface area (TPSA) is 56.2 Å². The van der Waals surface area contributed by atoms with E-state index < -0.39 is 0 Å². The molecule has 0 bridgehead atoms. The zero-order valence-corrected chi connectivity index (χ0v) is 12.2. The van der Waals surface area contributed by atoms with E-state index in [0.29, 0.717) is 0 Å². The first kappa shape index (κ1) is 13.5. The molecule has 1 aliphatic rings. The lowest BCUT2D eigenvalue weighted by molar-refractivity contribution is -0.123. The fraction of sp³-hybridized carbons (Fsp3) is 0.667. The molecule has 0 radical (unpaired) electrons. The number of carbonyl (C=O) groups excluding carboxylic acids is 1. The zero-order chi connectivity index (χ0) is 13.1. The van der Waals surface area contributed by atoms with Crippen molar-refractivity contribution in [1.29, 1.82) is 0 Å². The summed E-state index contributed by atoms with van der Waals surface area (Å²) in [6.07, 6.45) is 4.07. The summed E-state index contributed by atoms with van der Waals surface area (Å²) in [5, 5.41) is 7.19. The lowest BCUT2D eigenvalue weighted by atomic mass is 10.1.